The summed E-state index contributed by atoms with van der Waals surface area (Å²) in [6.07, 6.45) is 0. The maximum atomic E-state index is 12.4. The van der Waals surface area contributed by atoms with Crippen LogP contribution in [0.3, 0.4) is 0 Å². The van der Waals surface area contributed by atoms with Crippen LogP contribution in [0, 0.1) is 0 Å². The third-order valence-electron chi connectivity index (χ3n) is 4.01. The van der Waals surface area contributed by atoms with Crippen molar-refractivity contribution in [1.29, 1.82) is 0 Å². The van der Waals surface area contributed by atoms with E-state index in [1.165, 1.54) is 0 Å². The minimum Gasteiger partial charge on any atom is -0.378 e. The Kier molecular flexibility index (Phi) is 5.80. The lowest BCUT2D eigenvalue weighted by molar-refractivity contribution is 0.0303. The van der Waals surface area contributed by atoms with Gasteiger partial charge in [0.15, 0.2) is 0 Å². The number of halogens is 1. The van der Waals surface area contributed by atoms with E-state index >= 15 is 0 Å². The van der Waals surface area contributed by atoms with E-state index in [0.29, 0.717) is 48.1 Å². The molecule has 1 amide bonds. The van der Waals surface area contributed by atoms with E-state index in [9.17, 15) is 13.2 Å². The molecular formula is C18H19ClN2O4S. The summed E-state index contributed by atoms with van der Waals surface area (Å²) >= 11 is 6.02. The van der Waals surface area contributed by atoms with Gasteiger partial charge in [-0.3, -0.25) is 9.52 Å². The Morgan fingerprint density at radius 1 is 1.08 bits per heavy atom. The van der Waals surface area contributed by atoms with Crippen molar-refractivity contribution in [3.8, 4) is 0 Å². The van der Waals surface area contributed by atoms with Gasteiger partial charge < -0.3 is 9.64 Å². The number of nitrogens with one attached hydrogen (secondary N) is 1. The second-order valence-corrected chi connectivity index (χ2v) is 8.06. The zero-order valence-corrected chi connectivity index (χ0v) is 15.6. The first-order valence-electron chi connectivity index (χ1n) is 8.15. The summed E-state index contributed by atoms with van der Waals surface area (Å²) in [5.74, 6) is -0.306. The Morgan fingerprint density at radius 2 is 1.73 bits per heavy atom. The molecule has 0 saturated carbocycles. The fourth-order valence-corrected chi connectivity index (χ4v) is 4.18. The number of hydrogen-bond acceptors (Lipinski definition) is 4. The van der Waals surface area contributed by atoms with Crippen LogP contribution >= 0.6 is 11.6 Å². The first-order chi connectivity index (χ1) is 12.4. The molecule has 0 aliphatic carbocycles. The third-order valence-corrected chi connectivity index (χ3v) is 5.61. The van der Waals surface area contributed by atoms with Gasteiger partial charge in [-0.25, -0.2) is 8.42 Å². The van der Waals surface area contributed by atoms with Crippen LogP contribution in [0.15, 0.2) is 48.5 Å². The molecule has 1 saturated heterocycles. The molecule has 1 aliphatic heterocycles. The summed E-state index contributed by atoms with van der Waals surface area (Å²) in [4.78, 5) is 14.1. The number of morpholine rings is 1. The highest BCUT2D eigenvalue weighted by Crippen LogP contribution is 2.20. The summed E-state index contributed by atoms with van der Waals surface area (Å²) in [7, 11) is -3.61. The molecule has 1 N–H and O–H groups in total. The number of hydrogen-bond donors (Lipinski definition) is 1. The fourth-order valence-electron chi connectivity index (χ4n) is 2.67. The van der Waals surface area contributed by atoms with Crippen molar-refractivity contribution in [3.05, 3.63) is 64.7 Å². The summed E-state index contributed by atoms with van der Waals surface area (Å²) in [6, 6.07) is 13.2. The smallest absolute Gasteiger partial charge is 0.254 e. The van der Waals surface area contributed by atoms with Gasteiger partial charge in [0.05, 0.1) is 19.0 Å². The average molecular weight is 395 g/mol. The Balaban J connectivity index is 1.66. The second kappa shape index (κ2) is 8.07. The van der Waals surface area contributed by atoms with Crippen LogP contribution in [0.4, 0.5) is 5.69 Å². The molecule has 26 heavy (non-hydrogen) atoms. The number of sulfonamides is 1. The van der Waals surface area contributed by atoms with Crippen molar-refractivity contribution in [2.45, 2.75) is 5.75 Å². The molecule has 0 bridgehead atoms. The molecule has 3 rings (SSSR count). The van der Waals surface area contributed by atoms with E-state index in [1.807, 2.05) is 0 Å². The maximum absolute atomic E-state index is 12.4. The Morgan fingerprint density at radius 3 is 2.38 bits per heavy atom. The molecule has 1 heterocycles. The Hall–Kier alpha value is -2.09. The molecule has 1 fully saturated rings. The number of ether oxygens (including phenoxy) is 1. The number of benzene rings is 2. The zero-order chi connectivity index (χ0) is 18.6. The van der Waals surface area contributed by atoms with E-state index in [0.717, 1.165) is 0 Å². The van der Waals surface area contributed by atoms with Crippen molar-refractivity contribution < 1.29 is 17.9 Å². The van der Waals surface area contributed by atoms with E-state index in [1.54, 1.807) is 53.4 Å². The van der Waals surface area contributed by atoms with Crippen molar-refractivity contribution in [2.75, 3.05) is 31.0 Å². The van der Waals surface area contributed by atoms with Crippen molar-refractivity contribution in [2.24, 2.45) is 0 Å². The average Bonchev–Trinajstić information content (AvgIpc) is 2.64. The molecule has 0 aromatic heterocycles. The van der Waals surface area contributed by atoms with E-state index in [4.69, 9.17) is 16.3 Å². The summed E-state index contributed by atoms with van der Waals surface area (Å²) in [5.41, 5.74) is 1.44. The van der Waals surface area contributed by atoms with Gasteiger partial charge in [-0.2, -0.15) is 0 Å². The number of nitrogens with zero attached hydrogens (tertiary/aromatic N) is 1. The van der Waals surface area contributed by atoms with Crippen LogP contribution < -0.4 is 4.72 Å². The van der Waals surface area contributed by atoms with Crippen LogP contribution in [0.2, 0.25) is 5.02 Å². The van der Waals surface area contributed by atoms with Crippen LogP contribution in [-0.2, 0) is 20.5 Å². The van der Waals surface area contributed by atoms with Gasteiger partial charge in [0.2, 0.25) is 10.0 Å². The number of rotatable bonds is 5. The highest BCUT2D eigenvalue weighted by molar-refractivity contribution is 7.91. The standard InChI is InChI=1S/C18H19ClN2O4S/c19-17-4-2-1-3-15(17)13-26(23,24)20-16-7-5-14(6-8-16)18(22)21-9-11-25-12-10-21/h1-8,20H,9-13H2. The van der Waals surface area contributed by atoms with E-state index < -0.39 is 10.0 Å². The fraction of sp³-hybridized carbons (Fsp3) is 0.278. The van der Waals surface area contributed by atoms with E-state index in [-0.39, 0.29) is 11.7 Å². The molecule has 0 unspecified atom stereocenters. The zero-order valence-electron chi connectivity index (χ0n) is 14.0. The topological polar surface area (TPSA) is 75.7 Å². The molecule has 0 radical (unpaired) electrons. The van der Waals surface area contributed by atoms with Crippen LogP contribution in [0.5, 0.6) is 0 Å². The molecule has 1 aliphatic rings. The first-order valence-corrected chi connectivity index (χ1v) is 10.2. The van der Waals surface area contributed by atoms with Crippen LogP contribution in [-0.4, -0.2) is 45.5 Å². The number of carbonyl (C=O) groups excluding carboxylic acids is 1. The largest absolute Gasteiger partial charge is 0.378 e. The first kappa shape index (κ1) is 18.7. The maximum Gasteiger partial charge on any atom is 0.254 e. The highest BCUT2D eigenvalue weighted by Gasteiger charge is 2.19. The summed E-state index contributed by atoms with van der Waals surface area (Å²) < 4.78 is 32.4. The van der Waals surface area contributed by atoms with Gasteiger partial charge in [0.1, 0.15) is 0 Å². The predicted octanol–water partition coefficient (Wildman–Crippen LogP) is 2.75. The van der Waals surface area contributed by atoms with Gasteiger partial charge in [0, 0.05) is 29.4 Å². The quantitative estimate of drug-likeness (QED) is 0.846. The van der Waals surface area contributed by atoms with Crippen molar-refractivity contribution in [3.63, 3.8) is 0 Å². The second-order valence-electron chi connectivity index (χ2n) is 5.93. The van der Waals surface area contributed by atoms with Gasteiger partial charge in [0.25, 0.3) is 5.91 Å². The number of carbonyl (C=O) groups is 1. The van der Waals surface area contributed by atoms with Gasteiger partial charge in [-0.15, -0.1) is 0 Å². The van der Waals surface area contributed by atoms with Gasteiger partial charge in [-0.05, 0) is 35.9 Å². The Bertz CT molecular complexity index is 878. The minimum absolute atomic E-state index is 0.0845. The molecular weight excluding hydrogens is 376 g/mol. The third kappa shape index (κ3) is 4.75. The van der Waals surface area contributed by atoms with Gasteiger partial charge in [-0.1, -0.05) is 29.8 Å². The molecule has 8 heteroatoms. The highest BCUT2D eigenvalue weighted by atomic mass is 35.5. The summed E-state index contributed by atoms with van der Waals surface area (Å²) in [6.45, 7) is 2.19. The van der Waals surface area contributed by atoms with Crippen molar-refractivity contribution >= 4 is 33.2 Å². The molecule has 6 nitrogen and oxygen atoms in total. The lowest BCUT2D eigenvalue weighted by Crippen LogP contribution is -2.40. The minimum atomic E-state index is -3.61. The molecule has 2 aromatic carbocycles. The predicted molar refractivity (Wildman–Crippen MR) is 101 cm³/mol. The van der Waals surface area contributed by atoms with Crippen molar-refractivity contribution in [1.82, 2.24) is 4.90 Å². The number of anilines is 1. The van der Waals surface area contributed by atoms with Crippen LogP contribution in [0.1, 0.15) is 15.9 Å². The molecule has 138 valence electrons. The van der Waals surface area contributed by atoms with Crippen LogP contribution in [0.25, 0.3) is 0 Å². The lowest BCUT2D eigenvalue weighted by atomic mass is 10.2. The lowest BCUT2D eigenvalue weighted by Gasteiger charge is -2.26. The monoisotopic (exact) mass is 394 g/mol. The normalized spacial score (nSPS) is 14.9. The number of amides is 1. The summed E-state index contributed by atoms with van der Waals surface area (Å²) in [5, 5.41) is 0.407. The SMILES string of the molecule is O=C(c1ccc(NS(=O)(=O)Cc2ccccc2Cl)cc1)N1CCOCC1. The molecule has 0 atom stereocenters. The molecule has 0 spiro atoms. The van der Waals surface area contributed by atoms with Gasteiger partial charge >= 0.3 is 0 Å². The van der Waals surface area contributed by atoms with E-state index in [2.05, 4.69) is 4.72 Å². The molecule has 2 aromatic rings. The Labute approximate surface area is 157 Å².